The third kappa shape index (κ3) is 2.92. The van der Waals surface area contributed by atoms with E-state index in [1.807, 2.05) is 28.8 Å². The zero-order valence-electron chi connectivity index (χ0n) is 18.7. The van der Waals surface area contributed by atoms with Crippen molar-refractivity contribution in [3.63, 3.8) is 0 Å². The molecule has 2 unspecified atom stereocenters. The highest BCUT2D eigenvalue weighted by Crippen LogP contribution is 2.45. The van der Waals surface area contributed by atoms with Crippen molar-refractivity contribution in [2.75, 3.05) is 0 Å². The monoisotopic (exact) mass is 465 g/mol. The number of rotatable bonds is 2. The highest BCUT2D eigenvalue weighted by atomic mass is 19.2. The summed E-state index contributed by atoms with van der Waals surface area (Å²) >= 11 is 0. The maximum atomic E-state index is 14.0. The second-order valence-electron chi connectivity index (χ2n) is 9.13. The molecule has 9 heteroatoms. The molecule has 3 aromatic heterocycles. The van der Waals surface area contributed by atoms with E-state index in [-0.39, 0.29) is 23.6 Å². The van der Waals surface area contributed by atoms with E-state index in [0.29, 0.717) is 17.7 Å². The number of pyridine rings is 1. The van der Waals surface area contributed by atoms with Gasteiger partial charge in [-0.1, -0.05) is 0 Å². The fourth-order valence-corrected chi connectivity index (χ4v) is 5.69. The van der Waals surface area contributed by atoms with Gasteiger partial charge in [-0.25, -0.2) is 18.2 Å². The number of hydrogen-bond donors (Lipinski definition) is 0. The van der Waals surface area contributed by atoms with E-state index in [1.165, 1.54) is 0 Å². The standard InChI is InChI=1S/C25H22F3N5O/c1-31-9-7-15-16(6-8-29-24(15)31)25(34)33-14-4-3-5-20(33)22-17(12-14)23(32(2)30-22)13-10-18(26)21(28)19(27)11-13/h6-11,14,20H,3-5,12H2,1-2H3. The lowest BCUT2D eigenvalue weighted by atomic mass is 9.81. The summed E-state index contributed by atoms with van der Waals surface area (Å²) in [6.45, 7) is 0. The van der Waals surface area contributed by atoms with Crippen molar-refractivity contribution < 1.29 is 18.0 Å². The van der Waals surface area contributed by atoms with Gasteiger partial charge >= 0.3 is 0 Å². The van der Waals surface area contributed by atoms with Crippen LogP contribution < -0.4 is 0 Å². The molecular formula is C25H22F3N5O. The van der Waals surface area contributed by atoms with Crippen LogP contribution in [-0.4, -0.2) is 36.2 Å². The summed E-state index contributed by atoms with van der Waals surface area (Å²) in [5.41, 5.74) is 3.76. The summed E-state index contributed by atoms with van der Waals surface area (Å²) in [5.74, 6) is -4.02. The fourth-order valence-electron chi connectivity index (χ4n) is 5.69. The van der Waals surface area contributed by atoms with Crippen LogP contribution in [0, 0.1) is 17.5 Å². The SMILES string of the molecule is Cn1nc2c(c1-c1cc(F)c(F)c(F)c1)CC1CCCC2N1C(=O)c1ccnc2c1ccn2C. The lowest BCUT2D eigenvalue weighted by Gasteiger charge is -2.45. The molecule has 1 aromatic carbocycles. The molecule has 1 amide bonds. The number of carbonyl (C=O) groups excluding carboxylic acids is 1. The normalized spacial score (nSPS) is 19.5. The molecule has 174 valence electrons. The number of fused-ring (bicyclic) bond motifs is 5. The molecule has 0 aliphatic carbocycles. The molecule has 4 aromatic rings. The number of carbonyl (C=O) groups is 1. The number of aryl methyl sites for hydroxylation is 2. The van der Waals surface area contributed by atoms with Gasteiger partial charge in [0.15, 0.2) is 17.5 Å². The van der Waals surface area contributed by atoms with Crippen molar-refractivity contribution >= 4 is 16.9 Å². The lowest BCUT2D eigenvalue weighted by Crippen LogP contribution is -2.49. The van der Waals surface area contributed by atoms with Gasteiger partial charge in [0.05, 0.1) is 23.0 Å². The molecule has 0 spiro atoms. The van der Waals surface area contributed by atoms with Crippen molar-refractivity contribution in [1.82, 2.24) is 24.2 Å². The lowest BCUT2D eigenvalue weighted by molar-refractivity contribution is 0.0394. The number of aromatic nitrogens is 4. The molecule has 6 nitrogen and oxygen atoms in total. The first kappa shape index (κ1) is 20.9. The first-order chi connectivity index (χ1) is 16.3. The number of amides is 1. The molecule has 2 bridgehead atoms. The largest absolute Gasteiger partial charge is 0.336 e. The van der Waals surface area contributed by atoms with E-state index < -0.39 is 17.5 Å². The van der Waals surface area contributed by atoms with Crippen LogP contribution in [0.5, 0.6) is 0 Å². The van der Waals surface area contributed by atoms with E-state index in [1.54, 1.807) is 24.0 Å². The molecule has 1 fully saturated rings. The summed E-state index contributed by atoms with van der Waals surface area (Å²) in [4.78, 5) is 20.2. The minimum Gasteiger partial charge on any atom is -0.336 e. The number of nitrogens with zero attached hydrogens (tertiary/aromatic N) is 5. The van der Waals surface area contributed by atoms with Crippen LogP contribution in [0.2, 0.25) is 0 Å². The van der Waals surface area contributed by atoms with E-state index in [0.717, 1.165) is 53.7 Å². The van der Waals surface area contributed by atoms with Crippen LogP contribution >= 0.6 is 0 Å². The van der Waals surface area contributed by atoms with Gasteiger partial charge in [-0.15, -0.1) is 0 Å². The van der Waals surface area contributed by atoms with Crippen LogP contribution in [0.1, 0.15) is 46.9 Å². The molecule has 0 radical (unpaired) electrons. The van der Waals surface area contributed by atoms with Gasteiger partial charge in [0, 0.05) is 49.0 Å². The maximum Gasteiger partial charge on any atom is 0.255 e. The topological polar surface area (TPSA) is 56.0 Å². The number of halogens is 3. The second kappa shape index (κ2) is 7.44. The zero-order chi connectivity index (χ0) is 23.7. The fraction of sp³-hybridized carbons (Fsp3) is 0.320. The number of benzene rings is 1. The van der Waals surface area contributed by atoms with E-state index in [4.69, 9.17) is 5.10 Å². The zero-order valence-corrected chi connectivity index (χ0v) is 18.7. The predicted molar refractivity (Wildman–Crippen MR) is 119 cm³/mol. The maximum absolute atomic E-state index is 14.0. The Hall–Kier alpha value is -3.62. The Balaban J connectivity index is 1.46. The van der Waals surface area contributed by atoms with Gasteiger partial charge in [0.1, 0.15) is 5.65 Å². The third-order valence-corrected chi connectivity index (χ3v) is 7.17. The Morgan fingerprint density at radius 2 is 1.85 bits per heavy atom. The molecule has 2 atom stereocenters. The second-order valence-corrected chi connectivity index (χ2v) is 9.13. The van der Waals surface area contributed by atoms with Crippen LogP contribution in [-0.2, 0) is 20.5 Å². The molecule has 0 N–H and O–H groups in total. The Bertz CT molecular complexity index is 1450. The van der Waals surface area contributed by atoms with Gasteiger partial charge in [0.25, 0.3) is 5.91 Å². The molecule has 2 aliphatic rings. The number of hydrogen-bond acceptors (Lipinski definition) is 3. The molecule has 0 saturated carbocycles. The molecule has 2 aliphatic heterocycles. The summed E-state index contributed by atoms with van der Waals surface area (Å²) in [6.07, 6.45) is 6.59. The van der Waals surface area contributed by atoms with Crippen LogP contribution in [0.25, 0.3) is 22.3 Å². The number of piperidine rings is 1. The van der Waals surface area contributed by atoms with Crippen molar-refractivity contribution in [2.24, 2.45) is 14.1 Å². The van der Waals surface area contributed by atoms with Crippen molar-refractivity contribution in [1.29, 1.82) is 0 Å². The van der Waals surface area contributed by atoms with E-state index in [9.17, 15) is 18.0 Å². The summed E-state index contributed by atoms with van der Waals surface area (Å²) < 4.78 is 45.1. The highest BCUT2D eigenvalue weighted by molar-refractivity contribution is 6.06. The van der Waals surface area contributed by atoms with Crippen molar-refractivity contribution in [3.05, 3.63) is 70.9 Å². The first-order valence-corrected chi connectivity index (χ1v) is 11.3. The van der Waals surface area contributed by atoms with Crippen LogP contribution in [0.3, 0.4) is 0 Å². The average molecular weight is 465 g/mol. The minimum atomic E-state index is -1.49. The van der Waals surface area contributed by atoms with Gasteiger partial charge in [-0.05, 0) is 49.9 Å². The van der Waals surface area contributed by atoms with Gasteiger partial charge in [-0.3, -0.25) is 9.48 Å². The quantitative estimate of drug-likeness (QED) is 0.404. The van der Waals surface area contributed by atoms with E-state index in [2.05, 4.69) is 4.98 Å². The van der Waals surface area contributed by atoms with Crippen LogP contribution in [0.15, 0.2) is 36.7 Å². The average Bonchev–Trinajstić information content (AvgIpc) is 3.35. The Morgan fingerprint density at radius 1 is 1.09 bits per heavy atom. The minimum absolute atomic E-state index is 0.0648. The Labute approximate surface area is 193 Å². The third-order valence-electron chi connectivity index (χ3n) is 7.17. The van der Waals surface area contributed by atoms with Crippen LogP contribution in [0.4, 0.5) is 13.2 Å². The Kier molecular flexibility index (Phi) is 4.59. The van der Waals surface area contributed by atoms with Gasteiger partial charge < -0.3 is 9.47 Å². The molecular weight excluding hydrogens is 443 g/mol. The first-order valence-electron chi connectivity index (χ1n) is 11.3. The predicted octanol–water partition coefficient (Wildman–Crippen LogP) is 4.68. The summed E-state index contributed by atoms with van der Waals surface area (Å²) in [6, 6.07) is 5.36. The molecule has 1 saturated heterocycles. The molecule has 34 heavy (non-hydrogen) atoms. The smallest absolute Gasteiger partial charge is 0.255 e. The summed E-state index contributed by atoms with van der Waals surface area (Å²) in [5, 5.41) is 5.49. The van der Waals surface area contributed by atoms with Crippen molar-refractivity contribution in [2.45, 2.75) is 37.8 Å². The van der Waals surface area contributed by atoms with E-state index >= 15 is 0 Å². The van der Waals surface area contributed by atoms with Gasteiger partial charge in [0.2, 0.25) is 0 Å². The highest BCUT2D eigenvalue weighted by Gasteiger charge is 2.44. The Morgan fingerprint density at radius 3 is 2.62 bits per heavy atom. The summed E-state index contributed by atoms with van der Waals surface area (Å²) in [7, 11) is 3.60. The van der Waals surface area contributed by atoms with Gasteiger partial charge in [-0.2, -0.15) is 5.10 Å². The molecule has 5 heterocycles. The van der Waals surface area contributed by atoms with Crippen molar-refractivity contribution in [3.8, 4) is 11.3 Å². The molecule has 6 rings (SSSR count).